The maximum absolute atomic E-state index is 11.5. The van der Waals surface area contributed by atoms with Crippen molar-refractivity contribution in [2.24, 2.45) is 7.05 Å². The van der Waals surface area contributed by atoms with Crippen molar-refractivity contribution in [3.05, 3.63) is 40.6 Å². The van der Waals surface area contributed by atoms with Gasteiger partial charge in [0.15, 0.2) is 5.75 Å². The Bertz CT molecular complexity index is 657. The Morgan fingerprint density at radius 3 is 2.67 bits per heavy atom. The molecule has 0 fully saturated rings. The van der Waals surface area contributed by atoms with E-state index in [-0.39, 0.29) is 11.4 Å². The zero-order chi connectivity index (χ0) is 13.3. The Kier molecular flexibility index (Phi) is 2.88. The largest absolute Gasteiger partial charge is 0.491 e. The number of nitrogens with zero attached hydrogens (tertiary/aromatic N) is 3. The van der Waals surface area contributed by atoms with E-state index in [1.54, 1.807) is 13.2 Å². The second-order valence-corrected chi connectivity index (χ2v) is 3.64. The van der Waals surface area contributed by atoms with Crippen molar-refractivity contribution in [1.82, 2.24) is 14.3 Å². The van der Waals surface area contributed by atoms with Crippen molar-refractivity contribution in [3.8, 4) is 11.4 Å². The fourth-order valence-corrected chi connectivity index (χ4v) is 1.58. The van der Waals surface area contributed by atoms with Gasteiger partial charge in [-0.3, -0.25) is 9.48 Å². The number of aryl methyl sites for hydroxylation is 1. The van der Waals surface area contributed by atoms with Crippen LogP contribution in [0, 0.1) is 0 Å². The predicted octanol–water partition coefficient (Wildman–Crippen LogP) is 0.278. The van der Waals surface area contributed by atoms with E-state index >= 15 is 0 Å². The van der Waals surface area contributed by atoms with Gasteiger partial charge in [-0.1, -0.05) is 0 Å². The van der Waals surface area contributed by atoms with E-state index in [1.165, 1.54) is 28.8 Å². The standard InChI is InChI=1S/C11H11N3O4/c1-13-5-7(4-12-13)14-6-10(18-2)9(15)3-8(14)11(16)17/h3-6H,1-2H3,(H,16,17). The highest BCUT2D eigenvalue weighted by atomic mass is 16.5. The summed E-state index contributed by atoms with van der Waals surface area (Å²) in [6.07, 6.45) is 4.47. The van der Waals surface area contributed by atoms with Crippen molar-refractivity contribution >= 4 is 5.97 Å². The molecule has 0 aliphatic carbocycles. The summed E-state index contributed by atoms with van der Waals surface area (Å²) in [6.45, 7) is 0. The number of hydrogen-bond acceptors (Lipinski definition) is 4. The zero-order valence-corrected chi connectivity index (χ0v) is 9.82. The van der Waals surface area contributed by atoms with Crippen LogP contribution in [0.1, 0.15) is 10.5 Å². The number of aromatic carboxylic acids is 1. The lowest BCUT2D eigenvalue weighted by Crippen LogP contribution is -2.16. The lowest BCUT2D eigenvalue weighted by molar-refractivity contribution is 0.0687. The van der Waals surface area contributed by atoms with Gasteiger partial charge in [-0.05, 0) is 0 Å². The molecule has 0 saturated carbocycles. The number of hydrogen-bond donors (Lipinski definition) is 1. The molecule has 0 spiro atoms. The van der Waals surface area contributed by atoms with E-state index < -0.39 is 11.4 Å². The Labute approximate surface area is 102 Å². The lowest BCUT2D eigenvalue weighted by Gasteiger charge is -2.09. The minimum absolute atomic E-state index is 0.0730. The molecule has 18 heavy (non-hydrogen) atoms. The number of pyridine rings is 1. The van der Waals surface area contributed by atoms with Gasteiger partial charge in [-0.15, -0.1) is 0 Å². The van der Waals surface area contributed by atoms with Crippen LogP contribution in [0.15, 0.2) is 29.5 Å². The van der Waals surface area contributed by atoms with E-state index in [0.717, 1.165) is 6.07 Å². The molecule has 0 saturated heterocycles. The van der Waals surface area contributed by atoms with Crippen molar-refractivity contribution in [2.45, 2.75) is 0 Å². The fourth-order valence-electron chi connectivity index (χ4n) is 1.58. The summed E-state index contributed by atoms with van der Waals surface area (Å²) < 4.78 is 7.77. The molecule has 0 atom stereocenters. The van der Waals surface area contributed by atoms with Gasteiger partial charge in [0.25, 0.3) is 0 Å². The van der Waals surface area contributed by atoms with Gasteiger partial charge in [0.1, 0.15) is 5.69 Å². The Hall–Kier alpha value is -2.57. The third kappa shape index (κ3) is 1.97. The van der Waals surface area contributed by atoms with Crippen molar-refractivity contribution in [2.75, 3.05) is 7.11 Å². The Balaban J connectivity index is 2.70. The molecule has 2 aromatic heterocycles. The van der Waals surface area contributed by atoms with Crippen molar-refractivity contribution in [1.29, 1.82) is 0 Å². The van der Waals surface area contributed by atoms with Gasteiger partial charge in [0.2, 0.25) is 5.43 Å². The average Bonchev–Trinajstić information content (AvgIpc) is 2.75. The molecular formula is C11H11N3O4. The van der Waals surface area contributed by atoms with Crippen LogP contribution in [-0.2, 0) is 7.05 Å². The Morgan fingerprint density at radius 1 is 1.44 bits per heavy atom. The first-order valence-corrected chi connectivity index (χ1v) is 5.06. The number of aromatic nitrogens is 3. The van der Waals surface area contributed by atoms with E-state index in [2.05, 4.69) is 5.10 Å². The normalized spacial score (nSPS) is 10.3. The molecule has 0 aliphatic heterocycles. The molecule has 94 valence electrons. The summed E-state index contributed by atoms with van der Waals surface area (Å²) in [5.41, 5.74) is -0.0861. The maximum atomic E-state index is 11.5. The van der Waals surface area contributed by atoms with Crippen LogP contribution in [0.25, 0.3) is 5.69 Å². The molecule has 2 aromatic rings. The second-order valence-electron chi connectivity index (χ2n) is 3.64. The van der Waals surface area contributed by atoms with Crippen LogP contribution >= 0.6 is 0 Å². The minimum Gasteiger partial charge on any atom is -0.491 e. The number of carbonyl (C=O) groups is 1. The average molecular weight is 249 g/mol. The van der Waals surface area contributed by atoms with Gasteiger partial charge in [-0.25, -0.2) is 4.79 Å². The van der Waals surface area contributed by atoms with Crippen LogP contribution in [0.4, 0.5) is 0 Å². The number of rotatable bonds is 3. The summed E-state index contributed by atoms with van der Waals surface area (Å²) >= 11 is 0. The number of carboxylic acids is 1. The van der Waals surface area contributed by atoms with Crippen LogP contribution in [0.2, 0.25) is 0 Å². The van der Waals surface area contributed by atoms with Crippen molar-refractivity contribution < 1.29 is 14.6 Å². The zero-order valence-electron chi connectivity index (χ0n) is 9.82. The topological polar surface area (TPSA) is 86.3 Å². The molecule has 0 aromatic carbocycles. The molecule has 2 rings (SSSR count). The van der Waals surface area contributed by atoms with Crippen LogP contribution < -0.4 is 10.2 Å². The van der Waals surface area contributed by atoms with Gasteiger partial charge >= 0.3 is 5.97 Å². The molecule has 7 heteroatoms. The first kappa shape index (κ1) is 11.9. The molecule has 0 bridgehead atoms. The molecular weight excluding hydrogens is 238 g/mol. The second kappa shape index (κ2) is 4.36. The molecule has 2 heterocycles. The molecule has 0 aliphatic rings. The number of methoxy groups -OCH3 is 1. The van der Waals surface area contributed by atoms with Gasteiger partial charge < -0.3 is 14.4 Å². The first-order chi connectivity index (χ1) is 8.52. The minimum atomic E-state index is -1.20. The maximum Gasteiger partial charge on any atom is 0.353 e. The summed E-state index contributed by atoms with van der Waals surface area (Å²) in [4.78, 5) is 22.7. The predicted molar refractivity (Wildman–Crippen MR) is 62.3 cm³/mol. The fraction of sp³-hybridized carbons (Fsp3) is 0.182. The van der Waals surface area contributed by atoms with Gasteiger partial charge in [0, 0.05) is 19.3 Å². The van der Waals surface area contributed by atoms with E-state index in [4.69, 9.17) is 9.84 Å². The van der Waals surface area contributed by atoms with Crippen LogP contribution in [-0.4, -0.2) is 32.5 Å². The summed E-state index contributed by atoms with van der Waals surface area (Å²) in [7, 11) is 3.06. The number of carboxylic acid groups (broad SMARTS) is 1. The highest BCUT2D eigenvalue weighted by Crippen LogP contribution is 2.13. The summed E-state index contributed by atoms with van der Waals surface area (Å²) in [5, 5.41) is 13.0. The highest BCUT2D eigenvalue weighted by molar-refractivity contribution is 5.86. The molecule has 0 unspecified atom stereocenters. The highest BCUT2D eigenvalue weighted by Gasteiger charge is 2.15. The van der Waals surface area contributed by atoms with Crippen LogP contribution in [0.5, 0.6) is 5.75 Å². The molecule has 1 N–H and O–H groups in total. The third-order valence-electron chi connectivity index (χ3n) is 2.43. The smallest absolute Gasteiger partial charge is 0.353 e. The molecule has 0 amide bonds. The SMILES string of the molecule is COc1cn(-c2cnn(C)c2)c(C(=O)O)cc1=O. The summed E-state index contributed by atoms with van der Waals surface area (Å²) in [6, 6.07) is 1.02. The number of ether oxygens (including phenoxy) is 1. The van der Waals surface area contributed by atoms with E-state index in [0.29, 0.717) is 5.69 Å². The Morgan fingerprint density at radius 2 is 2.17 bits per heavy atom. The van der Waals surface area contributed by atoms with Crippen molar-refractivity contribution in [3.63, 3.8) is 0 Å². The lowest BCUT2D eigenvalue weighted by atomic mass is 10.3. The monoisotopic (exact) mass is 249 g/mol. The van der Waals surface area contributed by atoms with Crippen LogP contribution in [0.3, 0.4) is 0 Å². The third-order valence-corrected chi connectivity index (χ3v) is 2.43. The van der Waals surface area contributed by atoms with Gasteiger partial charge in [0.05, 0.1) is 25.2 Å². The molecule has 0 radical (unpaired) electrons. The first-order valence-electron chi connectivity index (χ1n) is 5.06. The molecule has 7 nitrogen and oxygen atoms in total. The summed E-state index contributed by atoms with van der Waals surface area (Å²) in [5.74, 6) is -1.12. The van der Waals surface area contributed by atoms with E-state index in [1.807, 2.05) is 0 Å². The van der Waals surface area contributed by atoms with E-state index in [9.17, 15) is 9.59 Å². The quantitative estimate of drug-likeness (QED) is 0.844. The van der Waals surface area contributed by atoms with Gasteiger partial charge in [-0.2, -0.15) is 5.10 Å².